The number of piperidine rings is 1. The lowest BCUT2D eigenvalue weighted by Crippen LogP contribution is -2.46. The van der Waals surface area contributed by atoms with Crippen LogP contribution in [0.5, 0.6) is 0 Å². The first-order valence-electron chi connectivity index (χ1n) is 10.9. The van der Waals surface area contributed by atoms with Crippen molar-refractivity contribution in [1.29, 1.82) is 0 Å². The molecule has 3 rings (SSSR count). The number of hydrogen-bond acceptors (Lipinski definition) is 4. The summed E-state index contributed by atoms with van der Waals surface area (Å²) in [5.41, 5.74) is 0.0218. The van der Waals surface area contributed by atoms with Gasteiger partial charge in [0.05, 0.1) is 10.6 Å². The Hall–Kier alpha value is -1.96. The molecule has 170 valence electrons. The van der Waals surface area contributed by atoms with Crippen LogP contribution in [0.2, 0.25) is 5.02 Å². The Morgan fingerprint density at radius 1 is 1.26 bits per heavy atom. The van der Waals surface area contributed by atoms with Gasteiger partial charge >= 0.3 is 0 Å². The van der Waals surface area contributed by atoms with E-state index in [-0.39, 0.29) is 16.8 Å². The molecule has 2 aliphatic heterocycles. The lowest BCUT2D eigenvalue weighted by atomic mass is 9.95. The molecule has 2 aliphatic rings. The maximum Gasteiger partial charge on any atom is 0.246 e. The average Bonchev–Trinajstić information content (AvgIpc) is 2.90. The molecule has 8 heteroatoms. The first kappa shape index (κ1) is 23.7. The highest BCUT2D eigenvalue weighted by Crippen LogP contribution is 2.20. The summed E-state index contributed by atoms with van der Waals surface area (Å²) in [5.74, 6) is -0.609. The van der Waals surface area contributed by atoms with Crippen molar-refractivity contribution in [3.8, 4) is 0 Å². The normalized spacial score (nSPS) is 23.4. The van der Waals surface area contributed by atoms with Crippen LogP contribution in [0.25, 0.3) is 6.08 Å². The molecular weight excluding hydrogens is 421 g/mol. The number of β-amino-alcohol motifs (C(OH)–C–C–N with tert-alkyl or cyclic N) is 1. The average molecular weight is 452 g/mol. The van der Waals surface area contributed by atoms with Gasteiger partial charge in [0.15, 0.2) is 0 Å². The van der Waals surface area contributed by atoms with Crippen molar-refractivity contribution in [2.75, 3.05) is 45.8 Å². The lowest BCUT2D eigenvalue weighted by Gasteiger charge is -2.37. The third kappa shape index (κ3) is 7.02. The number of rotatable bonds is 6. The zero-order chi connectivity index (χ0) is 22.4. The molecule has 2 fully saturated rings. The van der Waals surface area contributed by atoms with E-state index in [1.807, 2.05) is 11.8 Å². The monoisotopic (exact) mass is 451 g/mol. The van der Waals surface area contributed by atoms with Gasteiger partial charge in [-0.05, 0) is 63.0 Å². The highest BCUT2D eigenvalue weighted by Gasteiger charge is 2.28. The Balaban J connectivity index is 1.46. The molecule has 31 heavy (non-hydrogen) atoms. The number of benzene rings is 1. The maximum atomic E-state index is 13.3. The number of hydrogen-bond donors (Lipinski definition) is 1. The molecule has 0 bridgehead atoms. The first-order valence-corrected chi connectivity index (χ1v) is 11.3. The van der Waals surface area contributed by atoms with Gasteiger partial charge in [0.25, 0.3) is 0 Å². The largest absolute Gasteiger partial charge is 0.389 e. The van der Waals surface area contributed by atoms with E-state index in [0.29, 0.717) is 44.7 Å². The summed E-state index contributed by atoms with van der Waals surface area (Å²) in [5, 5.41) is 10.2. The fourth-order valence-electron chi connectivity index (χ4n) is 4.21. The van der Waals surface area contributed by atoms with Crippen LogP contribution >= 0.6 is 11.6 Å². The molecule has 0 saturated carbocycles. The fraction of sp³-hybridized carbons (Fsp3) is 0.565. The summed E-state index contributed by atoms with van der Waals surface area (Å²) >= 11 is 5.77. The zero-order valence-electron chi connectivity index (χ0n) is 18.0. The van der Waals surface area contributed by atoms with Crippen molar-refractivity contribution in [3.63, 3.8) is 0 Å². The molecular formula is C23H31ClFN3O3. The predicted octanol–water partition coefficient (Wildman–Crippen LogP) is 2.79. The molecule has 2 heterocycles. The predicted molar refractivity (Wildman–Crippen MR) is 119 cm³/mol. The van der Waals surface area contributed by atoms with Crippen LogP contribution in [0.4, 0.5) is 4.39 Å². The van der Waals surface area contributed by atoms with Crippen molar-refractivity contribution in [1.82, 2.24) is 14.7 Å². The number of nitrogens with zero attached hydrogens (tertiary/aromatic N) is 3. The smallest absolute Gasteiger partial charge is 0.246 e. The number of carbonyl (C=O) groups excluding carboxylic acids is 2. The van der Waals surface area contributed by atoms with Crippen molar-refractivity contribution >= 4 is 29.5 Å². The molecule has 0 aromatic heterocycles. The molecule has 1 N–H and O–H groups in total. The minimum atomic E-state index is -0.621. The lowest BCUT2D eigenvalue weighted by molar-refractivity contribution is -0.130. The summed E-state index contributed by atoms with van der Waals surface area (Å²) in [6, 6.07) is 4.29. The minimum absolute atomic E-state index is 0.0128. The Kier molecular flexibility index (Phi) is 8.08. The van der Waals surface area contributed by atoms with E-state index in [2.05, 4.69) is 4.90 Å². The Bertz CT molecular complexity index is 830. The number of carbonyl (C=O) groups is 2. The van der Waals surface area contributed by atoms with Crippen molar-refractivity contribution < 1.29 is 19.1 Å². The van der Waals surface area contributed by atoms with Gasteiger partial charge in [0.1, 0.15) is 5.82 Å². The molecule has 1 aromatic rings. The maximum absolute atomic E-state index is 13.3. The second-order valence-corrected chi connectivity index (χ2v) is 9.10. The fourth-order valence-corrected chi connectivity index (χ4v) is 4.40. The second-order valence-electron chi connectivity index (χ2n) is 8.69. The van der Waals surface area contributed by atoms with Gasteiger partial charge in [0.2, 0.25) is 11.8 Å². The SMILES string of the molecule is CC1(O)CCCN(CCCN2CCN(C(=O)/C=C/c3ccc(F)c(Cl)c3)CCC2=O)C1. The Morgan fingerprint density at radius 2 is 2.06 bits per heavy atom. The van der Waals surface area contributed by atoms with Gasteiger partial charge < -0.3 is 19.8 Å². The van der Waals surface area contributed by atoms with E-state index in [0.717, 1.165) is 32.4 Å². The standard InChI is InChI=1S/C23H31ClFN3O3/c1-23(31)9-2-10-26(17-23)11-3-12-27-14-15-28(13-8-22(27)30)21(29)7-5-18-4-6-20(25)19(24)16-18/h4-7,16,31H,2-3,8-15,17H2,1H3/b7-5+. The summed E-state index contributed by atoms with van der Waals surface area (Å²) in [4.78, 5) is 30.8. The highest BCUT2D eigenvalue weighted by molar-refractivity contribution is 6.30. The number of halogens is 2. The van der Waals surface area contributed by atoms with E-state index in [1.165, 1.54) is 18.2 Å². The van der Waals surface area contributed by atoms with Crippen molar-refractivity contribution in [3.05, 3.63) is 40.7 Å². The summed E-state index contributed by atoms with van der Waals surface area (Å²) in [7, 11) is 0. The third-order valence-electron chi connectivity index (χ3n) is 5.92. The van der Waals surface area contributed by atoms with Gasteiger partial charge in [-0.2, -0.15) is 0 Å². The van der Waals surface area contributed by atoms with Crippen LogP contribution < -0.4 is 0 Å². The van der Waals surface area contributed by atoms with Crippen LogP contribution in [0.3, 0.4) is 0 Å². The minimum Gasteiger partial charge on any atom is -0.389 e. The van der Waals surface area contributed by atoms with Gasteiger partial charge in [0, 0.05) is 45.2 Å². The highest BCUT2D eigenvalue weighted by atomic mass is 35.5. The van der Waals surface area contributed by atoms with Crippen LogP contribution in [-0.2, 0) is 9.59 Å². The topological polar surface area (TPSA) is 64.1 Å². The van der Waals surface area contributed by atoms with E-state index in [1.54, 1.807) is 17.0 Å². The molecule has 1 aromatic carbocycles. The van der Waals surface area contributed by atoms with E-state index in [4.69, 9.17) is 11.6 Å². The zero-order valence-corrected chi connectivity index (χ0v) is 18.8. The molecule has 2 saturated heterocycles. The van der Waals surface area contributed by atoms with Gasteiger partial charge in [-0.3, -0.25) is 9.59 Å². The van der Waals surface area contributed by atoms with Gasteiger partial charge in [-0.1, -0.05) is 17.7 Å². The molecule has 0 spiro atoms. The van der Waals surface area contributed by atoms with E-state index < -0.39 is 11.4 Å². The summed E-state index contributed by atoms with van der Waals surface area (Å²) in [6.45, 7) is 6.43. The van der Waals surface area contributed by atoms with Crippen molar-refractivity contribution in [2.24, 2.45) is 0 Å². The molecule has 6 nitrogen and oxygen atoms in total. The molecule has 2 amide bonds. The summed E-state index contributed by atoms with van der Waals surface area (Å²) < 4.78 is 13.3. The number of likely N-dealkylation sites (tertiary alicyclic amines) is 1. The third-order valence-corrected chi connectivity index (χ3v) is 6.21. The van der Waals surface area contributed by atoms with Crippen LogP contribution in [-0.4, -0.2) is 83.0 Å². The first-order chi connectivity index (χ1) is 14.7. The van der Waals surface area contributed by atoms with E-state index in [9.17, 15) is 19.1 Å². The Morgan fingerprint density at radius 3 is 2.81 bits per heavy atom. The van der Waals surface area contributed by atoms with E-state index >= 15 is 0 Å². The van der Waals surface area contributed by atoms with Gasteiger partial charge in [-0.25, -0.2) is 4.39 Å². The molecule has 0 radical (unpaired) electrons. The van der Waals surface area contributed by atoms with Crippen LogP contribution in [0.15, 0.2) is 24.3 Å². The number of amides is 2. The van der Waals surface area contributed by atoms with Crippen LogP contribution in [0.1, 0.15) is 38.2 Å². The Labute approximate surface area is 188 Å². The molecule has 0 aliphatic carbocycles. The summed E-state index contributed by atoms with van der Waals surface area (Å²) in [6.07, 6.45) is 6.02. The quantitative estimate of drug-likeness (QED) is 0.675. The molecule has 1 unspecified atom stereocenters. The second kappa shape index (κ2) is 10.6. The van der Waals surface area contributed by atoms with Crippen molar-refractivity contribution in [2.45, 2.75) is 38.2 Å². The van der Waals surface area contributed by atoms with Crippen LogP contribution in [0, 0.1) is 5.82 Å². The number of aliphatic hydroxyl groups is 1. The molecule has 1 atom stereocenters. The van der Waals surface area contributed by atoms with Gasteiger partial charge in [-0.15, -0.1) is 0 Å².